The van der Waals surface area contributed by atoms with Crippen molar-refractivity contribution in [3.63, 3.8) is 0 Å². The molecule has 3 aromatic rings. The second-order valence-electron chi connectivity index (χ2n) is 6.45. The summed E-state index contributed by atoms with van der Waals surface area (Å²) in [5.41, 5.74) is 4.77. The number of hydrazone groups is 1. The van der Waals surface area contributed by atoms with E-state index in [2.05, 4.69) is 42.4 Å². The van der Waals surface area contributed by atoms with Crippen LogP contribution in [-0.4, -0.2) is 12.1 Å². The Morgan fingerprint density at radius 1 is 1.00 bits per heavy atom. The number of hydrogen-bond acceptors (Lipinski definition) is 3. The van der Waals surface area contributed by atoms with Gasteiger partial charge in [-0.25, -0.2) is 9.82 Å². The number of ether oxygens (including phenoxy) is 1. The van der Waals surface area contributed by atoms with Gasteiger partial charge >= 0.3 is 0 Å². The van der Waals surface area contributed by atoms with Gasteiger partial charge in [-0.1, -0.05) is 41.4 Å². The normalized spacial score (nSPS) is 11.0. The lowest BCUT2D eigenvalue weighted by Gasteiger charge is -2.12. The first-order valence-electron chi connectivity index (χ1n) is 8.94. The molecule has 1 N–H and O–H groups in total. The van der Waals surface area contributed by atoms with Crippen molar-refractivity contribution in [1.82, 2.24) is 5.43 Å². The Bertz CT molecular complexity index is 1100. The number of halogens is 5. The highest BCUT2D eigenvalue weighted by Gasteiger charge is 2.10. The first-order valence-corrected chi connectivity index (χ1v) is 11.3. The molecule has 1 amide bonds. The predicted octanol–water partition coefficient (Wildman–Crippen LogP) is 6.93. The van der Waals surface area contributed by atoms with Crippen LogP contribution in [0.15, 0.2) is 68.6 Å². The van der Waals surface area contributed by atoms with Crippen molar-refractivity contribution in [3.05, 3.63) is 96.1 Å². The van der Waals surface area contributed by atoms with E-state index in [1.165, 1.54) is 18.3 Å². The summed E-state index contributed by atoms with van der Waals surface area (Å²) in [7, 11) is 0. The summed E-state index contributed by atoms with van der Waals surface area (Å²) in [5, 5.41) is 4.92. The predicted molar refractivity (Wildman–Crippen MR) is 128 cm³/mol. The summed E-state index contributed by atoms with van der Waals surface area (Å²) in [6.07, 6.45) is 1.62. The van der Waals surface area contributed by atoms with Gasteiger partial charge in [0.2, 0.25) is 5.91 Å². The quantitative estimate of drug-likeness (QED) is 0.240. The third kappa shape index (κ3) is 7.04. The minimum Gasteiger partial charge on any atom is -0.487 e. The highest BCUT2D eigenvalue weighted by Crippen LogP contribution is 2.35. The lowest BCUT2D eigenvalue weighted by molar-refractivity contribution is -0.120. The molecule has 3 rings (SSSR count). The highest BCUT2D eigenvalue weighted by atomic mass is 79.9. The number of rotatable bonds is 7. The second-order valence-corrected chi connectivity index (χ2v) is 8.97. The SMILES string of the molecule is O=C(Cc1ccc(F)cc1)N/N=C/c1cc(Br)c(OCc2ccc(Cl)c(Cl)c2)c(Br)c1. The third-order valence-electron chi connectivity index (χ3n) is 4.07. The van der Waals surface area contributed by atoms with E-state index >= 15 is 0 Å². The van der Waals surface area contributed by atoms with Gasteiger partial charge in [0.05, 0.1) is 31.6 Å². The zero-order chi connectivity index (χ0) is 22.4. The zero-order valence-corrected chi connectivity index (χ0v) is 20.5. The van der Waals surface area contributed by atoms with E-state index in [0.717, 1.165) is 11.1 Å². The smallest absolute Gasteiger partial charge is 0.244 e. The molecule has 0 aliphatic rings. The molecule has 0 radical (unpaired) electrons. The zero-order valence-electron chi connectivity index (χ0n) is 15.8. The van der Waals surface area contributed by atoms with E-state index in [1.807, 2.05) is 18.2 Å². The summed E-state index contributed by atoms with van der Waals surface area (Å²) in [6, 6.07) is 14.7. The number of hydrogen-bond donors (Lipinski definition) is 1. The van der Waals surface area contributed by atoms with Crippen molar-refractivity contribution in [2.24, 2.45) is 5.10 Å². The van der Waals surface area contributed by atoms with E-state index in [1.54, 1.807) is 24.3 Å². The van der Waals surface area contributed by atoms with E-state index in [0.29, 0.717) is 36.9 Å². The monoisotopic (exact) mass is 586 g/mol. The molecule has 0 fully saturated rings. The summed E-state index contributed by atoms with van der Waals surface area (Å²) >= 11 is 18.9. The number of carbonyl (C=O) groups is 1. The molecule has 31 heavy (non-hydrogen) atoms. The van der Waals surface area contributed by atoms with Crippen LogP contribution in [0.2, 0.25) is 10.0 Å². The molecular weight excluding hydrogens is 574 g/mol. The average molecular weight is 589 g/mol. The first-order chi connectivity index (χ1) is 14.8. The minimum atomic E-state index is -0.345. The minimum absolute atomic E-state index is 0.104. The summed E-state index contributed by atoms with van der Waals surface area (Å²) in [6.45, 7) is 0.307. The Kier molecular flexibility index (Phi) is 8.49. The first kappa shape index (κ1) is 23.7. The van der Waals surface area contributed by atoms with Gasteiger partial charge in [0.25, 0.3) is 0 Å². The molecule has 0 spiro atoms. The molecule has 0 saturated carbocycles. The van der Waals surface area contributed by atoms with Gasteiger partial charge < -0.3 is 4.74 Å². The van der Waals surface area contributed by atoms with Crippen molar-refractivity contribution < 1.29 is 13.9 Å². The molecular formula is C22H15Br2Cl2FN2O2. The molecule has 9 heteroatoms. The lowest BCUT2D eigenvalue weighted by atomic mass is 10.1. The molecule has 0 aromatic heterocycles. The van der Waals surface area contributed by atoms with Gasteiger partial charge in [0, 0.05) is 0 Å². The van der Waals surface area contributed by atoms with Crippen LogP contribution in [0.5, 0.6) is 5.75 Å². The summed E-state index contributed by atoms with van der Waals surface area (Å²) < 4.78 is 20.2. The molecule has 3 aromatic carbocycles. The highest BCUT2D eigenvalue weighted by molar-refractivity contribution is 9.11. The number of benzene rings is 3. The fourth-order valence-corrected chi connectivity index (χ4v) is 4.35. The molecule has 0 aliphatic carbocycles. The van der Waals surface area contributed by atoms with Crippen molar-refractivity contribution in [2.75, 3.05) is 0 Å². The molecule has 0 heterocycles. The molecule has 0 atom stereocenters. The topological polar surface area (TPSA) is 50.7 Å². The van der Waals surface area contributed by atoms with E-state index < -0.39 is 0 Å². The van der Waals surface area contributed by atoms with Crippen LogP contribution in [0.1, 0.15) is 16.7 Å². The van der Waals surface area contributed by atoms with E-state index in [4.69, 9.17) is 27.9 Å². The van der Waals surface area contributed by atoms with Crippen molar-refractivity contribution >= 4 is 67.2 Å². The standard InChI is InChI=1S/C22H15Br2Cl2FN2O2/c23-17-7-15(11-28-29-21(30)10-13-1-4-16(27)5-2-13)8-18(24)22(17)31-12-14-3-6-19(25)20(26)9-14/h1-9,11H,10,12H2,(H,29,30)/b28-11+. The van der Waals surface area contributed by atoms with Gasteiger partial charge in [-0.05, 0) is 84.9 Å². The fraction of sp³-hybridized carbons (Fsp3) is 0.0909. The summed E-state index contributed by atoms with van der Waals surface area (Å²) in [5.74, 6) is -0.0335. The number of nitrogens with zero attached hydrogens (tertiary/aromatic N) is 1. The lowest BCUT2D eigenvalue weighted by Crippen LogP contribution is -2.19. The van der Waals surface area contributed by atoms with Crippen LogP contribution >= 0.6 is 55.1 Å². The van der Waals surface area contributed by atoms with Crippen LogP contribution in [0, 0.1) is 5.82 Å². The maximum atomic E-state index is 12.9. The number of carbonyl (C=O) groups excluding carboxylic acids is 1. The fourth-order valence-electron chi connectivity index (χ4n) is 2.58. The van der Waals surface area contributed by atoms with Crippen LogP contribution in [0.25, 0.3) is 0 Å². The van der Waals surface area contributed by atoms with E-state index in [9.17, 15) is 9.18 Å². The van der Waals surface area contributed by atoms with Crippen LogP contribution in [0.3, 0.4) is 0 Å². The Morgan fingerprint density at radius 2 is 1.65 bits per heavy atom. The maximum absolute atomic E-state index is 12.9. The number of nitrogens with one attached hydrogen (secondary N) is 1. The Labute approximate surface area is 205 Å². The molecule has 0 saturated heterocycles. The van der Waals surface area contributed by atoms with Crippen molar-refractivity contribution in [2.45, 2.75) is 13.0 Å². The molecule has 0 aliphatic heterocycles. The Morgan fingerprint density at radius 3 is 2.29 bits per heavy atom. The largest absolute Gasteiger partial charge is 0.487 e. The van der Waals surface area contributed by atoms with Crippen LogP contribution in [-0.2, 0) is 17.8 Å². The molecule has 4 nitrogen and oxygen atoms in total. The third-order valence-corrected chi connectivity index (χ3v) is 5.99. The molecule has 0 bridgehead atoms. The van der Waals surface area contributed by atoms with Crippen LogP contribution < -0.4 is 10.2 Å². The summed E-state index contributed by atoms with van der Waals surface area (Å²) in [4.78, 5) is 12.0. The van der Waals surface area contributed by atoms with Crippen molar-refractivity contribution in [1.29, 1.82) is 0 Å². The van der Waals surface area contributed by atoms with E-state index in [-0.39, 0.29) is 18.1 Å². The van der Waals surface area contributed by atoms with Crippen molar-refractivity contribution in [3.8, 4) is 5.75 Å². The van der Waals surface area contributed by atoms with Gasteiger partial charge in [-0.2, -0.15) is 5.10 Å². The van der Waals surface area contributed by atoms with Gasteiger partial charge in [0.1, 0.15) is 18.2 Å². The van der Waals surface area contributed by atoms with Gasteiger partial charge in [-0.3, -0.25) is 4.79 Å². The second kappa shape index (κ2) is 11.1. The molecule has 0 unspecified atom stereocenters. The van der Waals surface area contributed by atoms with Gasteiger partial charge in [0.15, 0.2) is 0 Å². The number of amides is 1. The van der Waals surface area contributed by atoms with Gasteiger partial charge in [-0.15, -0.1) is 0 Å². The van der Waals surface area contributed by atoms with Crippen LogP contribution in [0.4, 0.5) is 4.39 Å². The Balaban J connectivity index is 1.59. The maximum Gasteiger partial charge on any atom is 0.244 e. The average Bonchev–Trinajstić information content (AvgIpc) is 2.71. The Hall–Kier alpha value is -1.93. The molecule has 160 valence electrons.